The highest BCUT2D eigenvalue weighted by Gasteiger charge is 2.00. The predicted molar refractivity (Wildman–Crippen MR) is 41.8 cm³/mol. The zero-order chi connectivity index (χ0) is 8.10. The van der Waals surface area contributed by atoms with Crippen molar-refractivity contribution in [3.63, 3.8) is 0 Å². The smallest absolute Gasteiger partial charge is 0.166 e. The van der Waals surface area contributed by atoms with Gasteiger partial charge in [-0.2, -0.15) is 0 Å². The molecule has 0 aromatic carbocycles. The van der Waals surface area contributed by atoms with Gasteiger partial charge in [-0.05, 0) is 18.1 Å². The summed E-state index contributed by atoms with van der Waals surface area (Å²) in [4.78, 5) is 13.2. The highest BCUT2D eigenvalue weighted by Crippen LogP contribution is 2.04. The first-order valence-electron chi connectivity index (χ1n) is 3.49. The van der Waals surface area contributed by atoms with Gasteiger partial charge in [-0.1, -0.05) is 0 Å². The van der Waals surface area contributed by atoms with Gasteiger partial charge in [0.05, 0.1) is 12.3 Å². The van der Waals surface area contributed by atoms with Crippen molar-refractivity contribution in [3.8, 4) is 0 Å². The minimum Gasteiger partial charge on any atom is -0.384 e. The molecular weight excluding hydrogens is 142 g/mol. The molecule has 60 valence electrons. The van der Waals surface area contributed by atoms with Crippen molar-refractivity contribution in [3.05, 3.63) is 23.5 Å². The fraction of sp³-hybridized carbons (Fsp3) is 0.375. The Hall–Kier alpha value is -1.09. The van der Waals surface area contributed by atoms with Crippen LogP contribution >= 0.6 is 0 Å². The highest BCUT2D eigenvalue weighted by atomic mass is 16.5. The summed E-state index contributed by atoms with van der Waals surface area (Å²) >= 11 is 0. The molecule has 1 aromatic heterocycles. The Kier molecular flexibility index (Phi) is 2.86. The number of hydrogen-bond donors (Lipinski definition) is 1. The van der Waals surface area contributed by atoms with Gasteiger partial charge in [0.2, 0.25) is 0 Å². The van der Waals surface area contributed by atoms with Crippen LogP contribution in [0.5, 0.6) is 0 Å². The fourth-order valence-corrected chi connectivity index (χ4v) is 0.954. The number of ether oxygens (including phenoxy) is 1. The second kappa shape index (κ2) is 3.93. The quantitative estimate of drug-likeness (QED) is 0.656. The maximum absolute atomic E-state index is 10.4. The maximum Gasteiger partial charge on any atom is 0.166 e. The molecule has 3 nitrogen and oxygen atoms in total. The summed E-state index contributed by atoms with van der Waals surface area (Å²) in [7, 11) is 1.65. The summed E-state index contributed by atoms with van der Waals surface area (Å²) in [6, 6.07) is 1.89. The lowest BCUT2D eigenvalue weighted by atomic mass is 10.2. The van der Waals surface area contributed by atoms with E-state index >= 15 is 0 Å². The SMILES string of the molecule is COCCc1cc[nH]c1C=O. The number of carbonyl (C=O) groups excluding carboxylic acids is 1. The standard InChI is InChI=1S/C8H11NO2/c1-11-5-3-7-2-4-9-8(7)6-10/h2,4,6,9H,3,5H2,1H3. The lowest BCUT2D eigenvalue weighted by Crippen LogP contribution is -1.96. The summed E-state index contributed by atoms with van der Waals surface area (Å²) in [5.41, 5.74) is 1.67. The lowest BCUT2D eigenvalue weighted by Gasteiger charge is -1.96. The van der Waals surface area contributed by atoms with Crippen molar-refractivity contribution in [1.29, 1.82) is 0 Å². The van der Waals surface area contributed by atoms with E-state index < -0.39 is 0 Å². The minimum atomic E-state index is 0.651. The first-order valence-corrected chi connectivity index (χ1v) is 3.49. The molecule has 0 atom stereocenters. The van der Waals surface area contributed by atoms with Gasteiger partial charge in [0.15, 0.2) is 6.29 Å². The van der Waals surface area contributed by atoms with Crippen LogP contribution < -0.4 is 0 Å². The van der Waals surface area contributed by atoms with Crippen LogP contribution in [0.2, 0.25) is 0 Å². The Morgan fingerprint density at radius 1 is 1.73 bits per heavy atom. The molecule has 0 fully saturated rings. The van der Waals surface area contributed by atoms with Crippen molar-refractivity contribution in [2.45, 2.75) is 6.42 Å². The van der Waals surface area contributed by atoms with E-state index in [9.17, 15) is 4.79 Å². The third-order valence-electron chi connectivity index (χ3n) is 1.56. The van der Waals surface area contributed by atoms with Crippen molar-refractivity contribution >= 4 is 6.29 Å². The third kappa shape index (κ3) is 1.91. The summed E-state index contributed by atoms with van der Waals surface area (Å²) in [6.07, 6.45) is 3.37. The van der Waals surface area contributed by atoms with E-state index in [2.05, 4.69) is 4.98 Å². The number of carbonyl (C=O) groups is 1. The second-order valence-corrected chi connectivity index (χ2v) is 2.28. The molecule has 0 aliphatic carbocycles. The number of hydrogen-bond acceptors (Lipinski definition) is 2. The maximum atomic E-state index is 10.4. The summed E-state index contributed by atoms with van der Waals surface area (Å²) in [6.45, 7) is 0.651. The number of aromatic nitrogens is 1. The molecule has 0 aliphatic heterocycles. The molecule has 0 saturated heterocycles. The summed E-state index contributed by atoms with van der Waals surface area (Å²) in [5.74, 6) is 0. The van der Waals surface area contributed by atoms with E-state index in [1.165, 1.54) is 0 Å². The number of rotatable bonds is 4. The molecule has 1 aromatic rings. The number of H-pyrrole nitrogens is 1. The van der Waals surface area contributed by atoms with E-state index in [1.807, 2.05) is 6.07 Å². The van der Waals surface area contributed by atoms with Crippen molar-refractivity contribution in [1.82, 2.24) is 4.98 Å². The molecule has 1 heterocycles. The van der Waals surface area contributed by atoms with Crippen LogP contribution in [0.25, 0.3) is 0 Å². The Morgan fingerprint density at radius 2 is 2.55 bits per heavy atom. The van der Waals surface area contributed by atoms with Crippen LogP contribution in [0.3, 0.4) is 0 Å². The van der Waals surface area contributed by atoms with Gasteiger partial charge >= 0.3 is 0 Å². The van der Waals surface area contributed by atoms with Crippen molar-refractivity contribution in [2.24, 2.45) is 0 Å². The fourth-order valence-electron chi connectivity index (χ4n) is 0.954. The van der Waals surface area contributed by atoms with E-state index in [1.54, 1.807) is 13.3 Å². The zero-order valence-corrected chi connectivity index (χ0v) is 6.46. The number of aldehydes is 1. The largest absolute Gasteiger partial charge is 0.384 e. The van der Waals surface area contributed by atoms with Gasteiger partial charge < -0.3 is 9.72 Å². The molecule has 0 unspecified atom stereocenters. The highest BCUT2D eigenvalue weighted by molar-refractivity contribution is 5.74. The first-order chi connectivity index (χ1) is 5.38. The van der Waals surface area contributed by atoms with Crippen LogP contribution in [0, 0.1) is 0 Å². The Morgan fingerprint density at radius 3 is 3.18 bits per heavy atom. The molecular formula is C8H11NO2. The molecule has 0 radical (unpaired) electrons. The van der Waals surface area contributed by atoms with E-state index in [4.69, 9.17) is 4.74 Å². The second-order valence-electron chi connectivity index (χ2n) is 2.28. The number of nitrogens with one attached hydrogen (secondary N) is 1. The van der Waals surface area contributed by atoms with E-state index in [0.717, 1.165) is 18.3 Å². The van der Waals surface area contributed by atoms with Gasteiger partial charge in [0.1, 0.15) is 0 Å². The van der Waals surface area contributed by atoms with Crippen LogP contribution in [0.15, 0.2) is 12.3 Å². The van der Waals surface area contributed by atoms with Crippen molar-refractivity contribution < 1.29 is 9.53 Å². The Balaban J connectivity index is 2.61. The van der Waals surface area contributed by atoms with E-state index in [0.29, 0.717) is 12.3 Å². The topological polar surface area (TPSA) is 42.1 Å². The average Bonchev–Trinajstić information content (AvgIpc) is 2.47. The normalized spacial score (nSPS) is 9.91. The summed E-state index contributed by atoms with van der Waals surface area (Å²) < 4.78 is 4.88. The van der Waals surface area contributed by atoms with Gasteiger partial charge in [0, 0.05) is 13.3 Å². The van der Waals surface area contributed by atoms with Crippen LogP contribution in [-0.4, -0.2) is 25.0 Å². The molecule has 1 N–H and O–H groups in total. The molecule has 0 saturated carbocycles. The van der Waals surface area contributed by atoms with Gasteiger partial charge in [-0.3, -0.25) is 4.79 Å². The Bertz CT molecular complexity index is 230. The van der Waals surface area contributed by atoms with Gasteiger partial charge in [-0.15, -0.1) is 0 Å². The minimum absolute atomic E-state index is 0.651. The molecule has 0 aliphatic rings. The first kappa shape index (κ1) is 8.01. The van der Waals surface area contributed by atoms with Gasteiger partial charge in [0.25, 0.3) is 0 Å². The lowest BCUT2D eigenvalue weighted by molar-refractivity contribution is 0.111. The number of methoxy groups -OCH3 is 1. The van der Waals surface area contributed by atoms with Crippen molar-refractivity contribution in [2.75, 3.05) is 13.7 Å². The molecule has 0 amide bonds. The zero-order valence-electron chi connectivity index (χ0n) is 6.46. The molecule has 0 bridgehead atoms. The molecule has 0 spiro atoms. The predicted octanol–water partition coefficient (Wildman–Crippen LogP) is 1.02. The molecule has 3 heteroatoms. The third-order valence-corrected chi connectivity index (χ3v) is 1.56. The number of aromatic amines is 1. The Labute approximate surface area is 65.4 Å². The monoisotopic (exact) mass is 153 g/mol. The average molecular weight is 153 g/mol. The summed E-state index contributed by atoms with van der Waals surface area (Å²) in [5, 5.41) is 0. The van der Waals surface area contributed by atoms with Crippen LogP contribution in [0.4, 0.5) is 0 Å². The molecule has 1 rings (SSSR count). The van der Waals surface area contributed by atoms with Crippen LogP contribution in [0.1, 0.15) is 16.1 Å². The van der Waals surface area contributed by atoms with Crippen LogP contribution in [-0.2, 0) is 11.2 Å². The van der Waals surface area contributed by atoms with E-state index in [-0.39, 0.29) is 0 Å². The molecule has 11 heavy (non-hydrogen) atoms. The van der Waals surface area contributed by atoms with Gasteiger partial charge in [-0.25, -0.2) is 0 Å².